The van der Waals surface area contributed by atoms with E-state index in [-0.39, 0.29) is 0 Å². The Morgan fingerprint density at radius 1 is 1.06 bits per heavy atom. The minimum absolute atomic E-state index is 0.365. The Kier molecular flexibility index (Phi) is 3.76. The Morgan fingerprint density at radius 3 is 1.76 bits per heavy atom. The first-order chi connectivity index (χ1) is 7.47. The number of hydrogen-bond donors (Lipinski definition) is 0. The maximum absolute atomic E-state index is 2.48. The zero-order valence-electron chi connectivity index (χ0n) is 13.5. The maximum atomic E-state index is 2.48. The van der Waals surface area contributed by atoms with E-state index in [0.29, 0.717) is 22.3 Å². The molecule has 1 heteroatoms. The molecule has 0 bridgehead atoms. The molecule has 0 spiro atoms. The summed E-state index contributed by atoms with van der Waals surface area (Å²) >= 11 is 0. The molecule has 0 amide bonds. The van der Waals surface area contributed by atoms with Crippen molar-refractivity contribution in [2.24, 2.45) is 22.2 Å². The molecule has 1 aliphatic carbocycles. The summed E-state index contributed by atoms with van der Waals surface area (Å²) in [5.41, 5.74) is 1.23. The third-order valence-electron chi connectivity index (χ3n) is 5.35. The third kappa shape index (κ3) is 2.16. The summed E-state index contributed by atoms with van der Waals surface area (Å²) < 4.78 is 0. The Balaban J connectivity index is 3.33. The van der Waals surface area contributed by atoms with E-state index in [2.05, 4.69) is 67.5 Å². The maximum Gasteiger partial charge on any atom is 0.0204 e. The van der Waals surface area contributed by atoms with E-state index in [1.165, 1.54) is 12.8 Å². The van der Waals surface area contributed by atoms with Gasteiger partial charge in [-0.15, -0.1) is 0 Å². The second kappa shape index (κ2) is 4.26. The van der Waals surface area contributed by atoms with Crippen molar-refractivity contribution in [3.63, 3.8) is 0 Å². The van der Waals surface area contributed by atoms with Gasteiger partial charge in [-0.3, -0.25) is 0 Å². The second-order valence-electron chi connectivity index (χ2n) is 8.30. The van der Waals surface area contributed by atoms with Crippen molar-refractivity contribution < 1.29 is 0 Å². The van der Waals surface area contributed by atoms with E-state index in [1.54, 1.807) is 0 Å². The van der Waals surface area contributed by atoms with Gasteiger partial charge in [-0.25, -0.2) is 0 Å². The topological polar surface area (TPSA) is 3.24 Å². The lowest BCUT2D eigenvalue weighted by Gasteiger charge is -2.54. The van der Waals surface area contributed by atoms with E-state index in [9.17, 15) is 0 Å². The molecule has 0 heterocycles. The van der Waals surface area contributed by atoms with Gasteiger partial charge in [0.2, 0.25) is 0 Å². The molecule has 0 aromatic carbocycles. The van der Waals surface area contributed by atoms with Gasteiger partial charge in [0.15, 0.2) is 0 Å². The van der Waals surface area contributed by atoms with Crippen LogP contribution in [0.5, 0.6) is 0 Å². The predicted molar refractivity (Wildman–Crippen MR) is 77.2 cm³/mol. The molecular weight excluding hydrogens is 206 g/mol. The summed E-state index contributed by atoms with van der Waals surface area (Å²) in [4.78, 5) is 2.48. The summed E-state index contributed by atoms with van der Waals surface area (Å²) in [7, 11) is 4.53. The fourth-order valence-corrected chi connectivity index (χ4v) is 4.92. The van der Waals surface area contributed by atoms with Crippen LogP contribution in [0.15, 0.2) is 0 Å². The Hall–Kier alpha value is -0.0400. The van der Waals surface area contributed by atoms with Gasteiger partial charge < -0.3 is 4.90 Å². The molecule has 1 fully saturated rings. The molecule has 1 nitrogen and oxygen atoms in total. The normalized spacial score (nSPS) is 33.7. The van der Waals surface area contributed by atoms with Gasteiger partial charge in [0.05, 0.1) is 0 Å². The lowest BCUT2D eigenvalue weighted by molar-refractivity contribution is -0.0507. The fourth-order valence-electron chi connectivity index (χ4n) is 4.92. The predicted octanol–water partition coefficient (Wildman–Crippen LogP) is 4.43. The van der Waals surface area contributed by atoms with E-state index in [0.717, 1.165) is 5.92 Å². The van der Waals surface area contributed by atoms with Crippen LogP contribution in [0.4, 0.5) is 0 Å². The highest BCUT2D eigenvalue weighted by Gasteiger charge is 2.59. The average Bonchev–Trinajstić information content (AvgIpc) is 2.36. The molecule has 1 saturated carbocycles. The average molecular weight is 239 g/mol. The van der Waals surface area contributed by atoms with Gasteiger partial charge in [0.1, 0.15) is 0 Å². The second-order valence-corrected chi connectivity index (χ2v) is 8.30. The van der Waals surface area contributed by atoms with Crippen LogP contribution in [0.1, 0.15) is 61.3 Å². The minimum Gasteiger partial charge on any atom is -0.305 e. The van der Waals surface area contributed by atoms with Crippen molar-refractivity contribution in [1.82, 2.24) is 4.90 Å². The van der Waals surface area contributed by atoms with Crippen LogP contribution >= 0.6 is 0 Å². The van der Waals surface area contributed by atoms with Crippen LogP contribution in [0, 0.1) is 22.2 Å². The first-order valence-electron chi connectivity index (χ1n) is 7.13. The molecule has 2 atom stereocenters. The quantitative estimate of drug-likeness (QED) is 0.689. The van der Waals surface area contributed by atoms with Crippen LogP contribution in [0.3, 0.4) is 0 Å². The smallest absolute Gasteiger partial charge is 0.0204 e. The van der Waals surface area contributed by atoms with Crippen LogP contribution in [0.25, 0.3) is 0 Å². The van der Waals surface area contributed by atoms with Gasteiger partial charge in [-0.05, 0) is 49.1 Å². The first kappa shape index (κ1) is 15.0. The largest absolute Gasteiger partial charge is 0.305 e. The molecule has 0 aliphatic heterocycles. The zero-order chi connectivity index (χ0) is 13.6. The van der Waals surface area contributed by atoms with Gasteiger partial charge in [0.25, 0.3) is 0 Å². The highest BCUT2D eigenvalue weighted by Crippen LogP contribution is 2.62. The van der Waals surface area contributed by atoms with Gasteiger partial charge in [0, 0.05) is 6.04 Å². The molecule has 2 unspecified atom stereocenters. The van der Waals surface area contributed by atoms with Crippen molar-refractivity contribution in [1.29, 1.82) is 0 Å². The molecule has 17 heavy (non-hydrogen) atoms. The van der Waals surface area contributed by atoms with Gasteiger partial charge in [-0.2, -0.15) is 0 Å². The molecule has 0 saturated heterocycles. The molecule has 102 valence electrons. The fraction of sp³-hybridized carbons (Fsp3) is 1.00. The summed E-state index contributed by atoms with van der Waals surface area (Å²) in [5.74, 6) is 0.733. The molecule has 0 N–H and O–H groups in total. The molecule has 0 radical (unpaired) electrons. The van der Waals surface area contributed by atoms with Crippen molar-refractivity contribution >= 4 is 0 Å². The van der Waals surface area contributed by atoms with E-state index in [4.69, 9.17) is 0 Å². The molecule has 1 aliphatic rings. The number of hydrogen-bond acceptors (Lipinski definition) is 1. The van der Waals surface area contributed by atoms with Crippen molar-refractivity contribution in [3.05, 3.63) is 0 Å². The Morgan fingerprint density at radius 2 is 1.53 bits per heavy atom. The first-order valence-corrected chi connectivity index (χ1v) is 7.13. The van der Waals surface area contributed by atoms with E-state index < -0.39 is 0 Å². The van der Waals surface area contributed by atoms with E-state index in [1.807, 2.05) is 0 Å². The zero-order valence-corrected chi connectivity index (χ0v) is 13.5. The summed E-state index contributed by atoms with van der Waals surface area (Å²) in [6.07, 6.45) is 2.72. The van der Waals surface area contributed by atoms with E-state index >= 15 is 0 Å². The molecular formula is C16H33N. The van der Waals surface area contributed by atoms with Crippen LogP contribution in [0.2, 0.25) is 0 Å². The lowest BCUT2D eigenvalue weighted by atomic mass is 9.55. The summed E-state index contributed by atoms with van der Waals surface area (Å²) in [6.45, 7) is 17.0. The molecule has 0 aromatic heterocycles. The van der Waals surface area contributed by atoms with Crippen molar-refractivity contribution in [2.45, 2.75) is 67.3 Å². The number of rotatable bonds is 2. The van der Waals surface area contributed by atoms with Crippen molar-refractivity contribution in [2.75, 3.05) is 14.1 Å². The minimum atomic E-state index is 0.365. The highest BCUT2D eigenvalue weighted by molar-refractivity contribution is 5.11. The lowest BCUT2D eigenvalue weighted by Crippen LogP contribution is -2.55. The van der Waals surface area contributed by atoms with Gasteiger partial charge in [-0.1, -0.05) is 48.5 Å². The standard InChI is InChI=1S/C16H33N/c1-12(2)16(14(3,4)5)11-10-15(6,7)13(16)17(8)9/h12-13H,10-11H2,1-9H3. The summed E-state index contributed by atoms with van der Waals surface area (Å²) in [5, 5.41) is 0. The third-order valence-corrected chi connectivity index (χ3v) is 5.35. The molecule has 1 rings (SSSR count). The SMILES string of the molecule is CC(C)C1(C(C)(C)C)CCC(C)(C)C1N(C)C. The Labute approximate surface area is 109 Å². The van der Waals surface area contributed by atoms with Gasteiger partial charge >= 0.3 is 0 Å². The monoisotopic (exact) mass is 239 g/mol. The van der Waals surface area contributed by atoms with Crippen LogP contribution in [-0.4, -0.2) is 25.0 Å². The molecule has 0 aromatic rings. The Bertz CT molecular complexity index is 270. The number of nitrogens with zero attached hydrogens (tertiary/aromatic N) is 1. The summed E-state index contributed by atoms with van der Waals surface area (Å²) in [6, 6.07) is 0.676. The highest BCUT2D eigenvalue weighted by atomic mass is 15.1. The van der Waals surface area contributed by atoms with Crippen LogP contribution < -0.4 is 0 Å². The van der Waals surface area contributed by atoms with Crippen molar-refractivity contribution in [3.8, 4) is 0 Å². The van der Waals surface area contributed by atoms with Crippen LogP contribution in [-0.2, 0) is 0 Å².